The third-order valence-electron chi connectivity index (χ3n) is 11.3. The van der Waals surface area contributed by atoms with Crippen LogP contribution in [0.5, 0.6) is 0 Å². The van der Waals surface area contributed by atoms with E-state index in [9.17, 15) is 9.59 Å². The summed E-state index contributed by atoms with van der Waals surface area (Å²) in [5.41, 5.74) is 3.70. The van der Waals surface area contributed by atoms with Crippen molar-refractivity contribution in [1.82, 2.24) is 0 Å². The molecule has 4 saturated carbocycles. The summed E-state index contributed by atoms with van der Waals surface area (Å²) in [7, 11) is 1.64. The van der Waals surface area contributed by atoms with Gasteiger partial charge in [-0.1, -0.05) is 51.4 Å². The molecule has 0 aliphatic heterocycles. The first-order valence-electron chi connectivity index (χ1n) is 18.5. The highest BCUT2D eigenvalue weighted by Crippen LogP contribution is 2.41. The van der Waals surface area contributed by atoms with Crippen LogP contribution in [-0.4, -0.2) is 45.5 Å². The highest BCUT2D eigenvalue weighted by molar-refractivity contribution is 7.75. The minimum Gasteiger partial charge on any atom is -0.463 e. The second-order valence-electron chi connectivity index (χ2n) is 15.0. The number of hydrogen-bond acceptors (Lipinski definition) is 7. The van der Waals surface area contributed by atoms with Gasteiger partial charge in [-0.05, 0) is 137 Å². The Morgan fingerprint density at radius 3 is 1.49 bits per heavy atom. The molecule has 7 heteroatoms. The van der Waals surface area contributed by atoms with Gasteiger partial charge in [0.05, 0.1) is 13.2 Å². The minimum atomic E-state index is -0.0825. The van der Waals surface area contributed by atoms with Crippen molar-refractivity contribution in [2.45, 2.75) is 128 Å². The molecule has 8 atom stereocenters. The van der Waals surface area contributed by atoms with Crippen LogP contribution in [0, 0.1) is 47.3 Å². The fourth-order valence-corrected chi connectivity index (χ4v) is 9.37. The molecular formula is C38H62O6S. The van der Waals surface area contributed by atoms with Gasteiger partial charge in [0, 0.05) is 20.0 Å². The molecule has 0 saturated heterocycles. The lowest BCUT2D eigenvalue weighted by molar-refractivity contribution is -0.147. The summed E-state index contributed by atoms with van der Waals surface area (Å²) < 4.78 is 20.3. The lowest BCUT2D eigenvalue weighted by atomic mass is 9.71. The zero-order valence-corrected chi connectivity index (χ0v) is 29.0. The van der Waals surface area contributed by atoms with Crippen molar-refractivity contribution in [2.75, 3.05) is 33.5 Å². The molecular weight excluding hydrogens is 584 g/mol. The van der Waals surface area contributed by atoms with E-state index in [0.29, 0.717) is 62.9 Å². The molecule has 0 aromatic rings. The Hall–Kier alpha value is -1.27. The summed E-state index contributed by atoms with van der Waals surface area (Å²) in [4.78, 5) is 24.4. The second kappa shape index (κ2) is 20.9. The molecule has 6 nitrogen and oxygen atoms in total. The van der Waals surface area contributed by atoms with Crippen molar-refractivity contribution >= 4 is 24.8 Å². The molecule has 0 amide bonds. The van der Waals surface area contributed by atoms with Crippen LogP contribution in [-0.2, 0) is 28.0 Å². The Morgan fingerprint density at radius 1 is 0.600 bits per heavy atom. The first-order chi connectivity index (χ1) is 22.0. The number of thiol groups is 1. The number of carbonyl (C=O) groups excluding carboxylic acids is 2. The Labute approximate surface area is 279 Å². The van der Waals surface area contributed by atoms with E-state index in [1.807, 2.05) is 0 Å². The van der Waals surface area contributed by atoms with Crippen LogP contribution in [0.15, 0.2) is 17.9 Å². The second-order valence-corrected chi connectivity index (χ2v) is 15.3. The third kappa shape index (κ3) is 14.2. The third-order valence-corrected chi connectivity index (χ3v) is 11.5. The maximum Gasteiger partial charge on any atom is 0.306 e. The number of allylic oxidation sites excluding steroid dienone is 1. The fourth-order valence-electron chi connectivity index (χ4n) is 9.29. The van der Waals surface area contributed by atoms with Gasteiger partial charge >= 0.3 is 11.9 Å². The molecule has 0 radical (unpaired) electrons. The Balaban J connectivity index is 1.15. The fraction of sp³-hybridized carbons (Fsp3) is 0.868. The molecule has 45 heavy (non-hydrogen) atoms. The first-order valence-corrected chi connectivity index (χ1v) is 18.9. The molecule has 0 aromatic heterocycles. The quantitative estimate of drug-likeness (QED) is 0.0593. The normalized spacial score (nSPS) is 32.2. The maximum atomic E-state index is 12.2. The van der Waals surface area contributed by atoms with Crippen molar-refractivity contribution < 1.29 is 28.0 Å². The van der Waals surface area contributed by atoms with E-state index >= 15 is 0 Å². The van der Waals surface area contributed by atoms with Crippen LogP contribution in [0.1, 0.15) is 128 Å². The molecule has 0 N–H and O–H groups in total. The van der Waals surface area contributed by atoms with Crippen LogP contribution < -0.4 is 0 Å². The SMILES string of the molecule is COCCOC(=O)CC1CCCC(CC2CCCC(C=C=CC3CCCC(CC4CCCC(CC(=O)OCCOS)C4)C3)C2)C1. The first kappa shape index (κ1) is 36.6. The number of esters is 2. The molecule has 4 aliphatic carbocycles. The van der Waals surface area contributed by atoms with Crippen molar-refractivity contribution in [3.8, 4) is 0 Å². The highest BCUT2D eigenvalue weighted by atomic mass is 32.1. The van der Waals surface area contributed by atoms with E-state index in [0.717, 1.165) is 30.1 Å². The average molecular weight is 647 g/mol. The van der Waals surface area contributed by atoms with Gasteiger partial charge in [-0.2, -0.15) is 0 Å². The molecule has 4 fully saturated rings. The van der Waals surface area contributed by atoms with Gasteiger partial charge in [0.1, 0.15) is 13.2 Å². The van der Waals surface area contributed by atoms with Crippen LogP contribution in [0.4, 0.5) is 0 Å². The Morgan fingerprint density at radius 2 is 1.02 bits per heavy atom. The molecule has 4 aliphatic rings. The summed E-state index contributed by atoms with van der Waals surface area (Å²) in [6.07, 6.45) is 29.1. The van der Waals surface area contributed by atoms with Crippen LogP contribution in [0.2, 0.25) is 0 Å². The molecule has 0 heterocycles. The van der Waals surface area contributed by atoms with Crippen LogP contribution >= 0.6 is 12.9 Å². The van der Waals surface area contributed by atoms with Gasteiger partial charge < -0.3 is 18.4 Å². The van der Waals surface area contributed by atoms with E-state index in [1.165, 1.54) is 109 Å². The topological polar surface area (TPSA) is 71.1 Å². The molecule has 256 valence electrons. The van der Waals surface area contributed by atoms with Crippen LogP contribution in [0.25, 0.3) is 0 Å². The average Bonchev–Trinajstić information content (AvgIpc) is 3.02. The van der Waals surface area contributed by atoms with E-state index in [1.54, 1.807) is 7.11 Å². The number of carbonyl (C=O) groups is 2. The number of rotatable bonds is 16. The van der Waals surface area contributed by atoms with E-state index < -0.39 is 0 Å². The molecule has 8 unspecified atom stereocenters. The predicted octanol–water partition coefficient (Wildman–Crippen LogP) is 9.08. The van der Waals surface area contributed by atoms with Gasteiger partial charge in [0.25, 0.3) is 0 Å². The van der Waals surface area contributed by atoms with Gasteiger partial charge in [-0.25, -0.2) is 0 Å². The predicted molar refractivity (Wildman–Crippen MR) is 182 cm³/mol. The van der Waals surface area contributed by atoms with Gasteiger partial charge in [-0.3, -0.25) is 9.59 Å². The molecule has 0 bridgehead atoms. The Kier molecular flexibility index (Phi) is 16.9. The summed E-state index contributed by atoms with van der Waals surface area (Å²) in [5.74, 6) is 5.34. The molecule has 4 rings (SSSR count). The lowest BCUT2D eigenvalue weighted by Crippen LogP contribution is -2.24. The van der Waals surface area contributed by atoms with Gasteiger partial charge in [-0.15, -0.1) is 5.73 Å². The minimum absolute atomic E-state index is 0.0504. The van der Waals surface area contributed by atoms with Crippen molar-refractivity contribution in [3.63, 3.8) is 0 Å². The lowest BCUT2D eigenvalue weighted by Gasteiger charge is -2.34. The molecule has 0 spiro atoms. The summed E-state index contributed by atoms with van der Waals surface area (Å²) in [6.45, 7) is 1.48. The zero-order chi connectivity index (χ0) is 31.7. The number of ether oxygens (including phenoxy) is 3. The zero-order valence-electron chi connectivity index (χ0n) is 28.1. The standard InChI is InChI=1S/C38H62O6S/c1-41-17-18-42-37(39)27-35-15-5-13-33(25-35)23-31-11-3-9-29(21-31)7-2-8-30-10-4-12-32(22-30)24-34-14-6-16-36(26-34)28-38(40)43-19-20-44-45/h7-8,29-36,45H,3-6,9-28H2,1H3. The van der Waals surface area contributed by atoms with Crippen molar-refractivity contribution in [2.24, 2.45) is 47.3 Å². The van der Waals surface area contributed by atoms with E-state index in [4.69, 9.17) is 18.4 Å². The van der Waals surface area contributed by atoms with Gasteiger partial charge in [0.2, 0.25) is 0 Å². The van der Waals surface area contributed by atoms with Crippen molar-refractivity contribution in [3.05, 3.63) is 17.9 Å². The summed E-state index contributed by atoms with van der Waals surface area (Å²) >= 11 is 3.71. The summed E-state index contributed by atoms with van der Waals surface area (Å²) in [5, 5.41) is 0. The highest BCUT2D eigenvalue weighted by Gasteiger charge is 2.30. The van der Waals surface area contributed by atoms with Crippen LogP contribution in [0.3, 0.4) is 0 Å². The number of methoxy groups -OCH3 is 1. The largest absolute Gasteiger partial charge is 0.463 e. The maximum absolute atomic E-state index is 12.2. The van der Waals surface area contributed by atoms with Gasteiger partial charge in [0.15, 0.2) is 0 Å². The van der Waals surface area contributed by atoms with E-state index in [2.05, 4.69) is 30.8 Å². The molecule has 0 aromatic carbocycles. The van der Waals surface area contributed by atoms with Crippen molar-refractivity contribution in [1.29, 1.82) is 0 Å². The summed E-state index contributed by atoms with van der Waals surface area (Å²) in [6, 6.07) is 0. The Bertz CT molecular complexity index is 861. The smallest absolute Gasteiger partial charge is 0.306 e. The van der Waals surface area contributed by atoms with E-state index in [-0.39, 0.29) is 11.9 Å². The monoisotopic (exact) mass is 646 g/mol. The number of hydrogen-bond donors (Lipinski definition) is 1.